The van der Waals surface area contributed by atoms with Crippen LogP contribution in [0.1, 0.15) is 31.2 Å². The summed E-state index contributed by atoms with van der Waals surface area (Å²) in [5.74, 6) is 2.28. The van der Waals surface area contributed by atoms with Crippen LogP contribution >= 0.6 is 11.6 Å². The lowest BCUT2D eigenvalue weighted by Crippen LogP contribution is -1.94. The Kier molecular flexibility index (Phi) is 3.82. The molecule has 0 unspecified atom stereocenters. The van der Waals surface area contributed by atoms with Gasteiger partial charge in [-0.2, -0.15) is 4.98 Å². The SMILES string of the molecule is Cc1nc(Cl)cc(Oc2cccc(C(C)C)c2)n1. The van der Waals surface area contributed by atoms with Gasteiger partial charge in [-0.05, 0) is 30.5 Å². The van der Waals surface area contributed by atoms with Crippen LogP contribution < -0.4 is 4.74 Å². The topological polar surface area (TPSA) is 35.0 Å². The first kappa shape index (κ1) is 12.8. The molecule has 4 heteroatoms. The summed E-state index contributed by atoms with van der Waals surface area (Å²) in [5, 5.41) is 0.387. The van der Waals surface area contributed by atoms with E-state index in [1.54, 1.807) is 13.0 Å². The second-order valence-electron chi connectivity index (χ2n) is 4.41. The van der Waals surface area contributed by atoms with E-state index >= 15 is 0 Å². The third-order valence-corrected chi connectivity index (χ3v) is 2.72. The van der Waals surface area contributed by atoms with Gasteiger partial charge < -0.3 is 4.74 Å². The summed E-state index contributed by atoms with van der Waals surface area (Å²) >= 11 is 5.87. The minimum Gasteiger partial charge on any atom is -0.439 e. The molecule has 0 fully saturated rings. The van der Waals surface area contributed by atoms with Crippen LogP contribution in [0.3, 0.4) is 0 Å². The summed E-state index contributed by atoms with van der Waals surface area (Å²) in [6.45, 7) is 6.07. The number of ether oxygens (including phenoxy) is 1. The molecule has 1 heterocycles. The molecule has 2 aromatic rings. The van der Waals surface area contributed by atoms with Crippen LogP contribution in [-0.4, -0.2) is 9.97 Å². The maximum absolute atomic E-state index is 5.87. The van der Waals surface area contributed by atoms with Gasteiger partial charge in [-0.1, -0.05) is 37.6 Å². The summed E-state index contributed by atoms with van der Waals surface area (Å²) < 4.78 is 5.70. The lowest BCUT2D eigenvalue weighted by Gasteiger charge is -2.09. The van der Waals surface area contributed by atoms with E-state index in [1.165, 1.54) is 5.56 Å². The van der Waals surface area contributed by atoms with E-state index in [0.29, 0.717) is 22.8 Å². The van der Waals surface area contributed by atoms with E-state index in [2.05, 4.69) is 29.9 Å². The Morgan fingerprint density at radius 1 is 1.17 bits per heavy atom. The number of aryl methyl sites for hydroxylation is 1. The minimum absolute atomic E-state index is 0.387. The molecule has 2 rings (SSSR count). The summed E-state index contributed by atoms with van der Waals surface area (Å²) in [5.41, 5.74) is 1.23. The van der Waals surface area contributed by atoms with Crippen LogP contribution in [-0.2, 0) is 0 Å². The Hall–Kier alpha value is -1.61. The Balaban J connectivity index is 2.25. The number of aromatic nitrogens is 2. The monoisotopic (exact) mass is 262 g/mol. The predicted molar refractivity (Wildman–Crippen MR) is 72.4 cm³/mol. The summed E-state index contributed by atoms with van der Waals surface area (Å²) in [4.78, 5) is 8.18. The molecule has 3 nitrogen and oxygen atoms in total. The second-order valence-corrected chi connectivity index (χ2v) is 4.79. The van der Waals surface area contributed by atoms with Crippen molar-refractivity contribution in [1.82, 2.24) is 9.97 Å². The van der Waals surface area contributed by atoms with Crippen molar-refractivity contribution >= 4 is 11.6 Å². The molecule has 0 aliphatic rings. The molecular weight excluding hydrogens is 248 g/mol. The maximum Gasteiger partial charge on any atom is 0.224 e. The highest BCUT2D eigenvalue weighted by Gasteiger charge is 2.05. The molecule has 0 radical (unpaired) electrons. The summed E-state index contributed by atoms with van der Waals surface area (Å²) in [7, 11) is 0. The van der Waals surface area contributed by atoms with Crippen LogP contribution in [0, 0.1) is 6.92 Å². The second kappa shape index (κ2) is 5.36. The smallest absolute Gasteiger partial charge is 0.224 e. The zero-order valence-corrected chi connectivity index (χ0v) is 11.4. The Morgan fingerprint density at radius 2 is 1.94 bits per heavy atom. The van der Waals surface area contributed by atoms with Crippen molar-refractivity contribution in [3.63, 3.8) is 0 Å². The number of hydrogen-bond acceptors (Lipinski definition) is 3. The average molecular weight is 263 g/mol. The molecule has 0 aliphatic carbocycles. The van der Waals surface area contributed by atoms with Crippen molar-refractivity contribution < 1.29 is 4.74 Å². The van der Waals surface area contributed by atoms with E-state index < -0.39 is 0 Å². The van der Waals surface area contributed by atoms with Gasteiger partial charge in [-0.25, -0.2) is 4.98 Å². The highest BCUT2D eigenvalue weighted by atomic mass is 35.5. The molecule has 94 valence electrons. The lowest BCUT2D eigenvalue weighted by molar-refractivity contribution is 0.459. The normalized spacial score (nSPS) is 10.7. The zero-order chi connectivity index (χ0) is 13.1. The minimum atomic E-state index is 0.387. The van der Waals surface area contributed by atoms with E-state index in [0.717, 1.165) is 5.75 Å². The Labute approximate surface area is 112 Å². The van der Waals surface area contributed by atoms with Gasteiger partial charge in [0.25, 0.3) is 0 Å². The van der Waals surface area contributed by atoms with Crippen LogP contribution in [0.25, 0.3) is 0 Å². The van der Waals surface area contributed by atoms with E-state index in [9.17, 15) is 0 Å². The van der Waals surface area contributed by atoms with Crippen molar-refractivity contribution in [2.75, 3.05) is 0 Å². The molecule has 0 spiro atoms. The van der Waals surface area contributed by atoms with E-state index in [4.69, 9.17) is 16.3 Å². The van der Waals surface area contributed by atoms with Gasteiger partial charge in [0.2, 0.25) is 5.88 Å². The molecule has 1 aromatic heterocycles. The first-order chi connectivity index (χ1) is 8.54. The highest BCUT2D eigenvalue weighted by Crippen LogP contribution is 2.25. The number of rotatable bonds is 3. The molecule has 18 heavy (non-hydrogen) atoms. The summed E-state index contributed by atoms with van der Waals surface area (Å²) in [6.07, 6.45) is 0. The third kappa shape index (κ3) is 3.20. The largest absolute Gasteiger partial charge is 0.439 e. The molecule has 1 aromatic carbocycles. The molecular formula is C14H15ClN2O. The van der Waals surface area contributed by atoms with Gasteiger partial charge in [0, 0.05) is 6.07 Å². The number of nitrogens with zero attached hydrogens (tertiary/aromatic N) is 2. The van der Waals surface area contributed by atoms with Gasteiger partial charge in [0.1, 0.15) is 16.7 Å². The van der Waals surface area contributed by atoms with Gasteiger partial charge in [-0.15, -0.1) is 0 Å². The van der Waals surface area contributed by atoms with Crippen molar-refractivity contribution in [2.24, 2.45) is 0 Å². The lowest BCUT2D eigenvalue weighted by atomic mass is 10.0. The first-order valence-electron chi connectivity index (χ1n) is 5.83. The number of hydrogen-bond donors (Lipinski definition) is 0. The quantitative estimate of drug-likeness (QED) is 0.771. The number of halogens is 1. The molecule has 0 bridgehead atoms. The average Bonchev–Trinajstić information content (AvgIpc) is 2.27. The van der Waals surface area contributed by atoms with Crippen molar-refractivity contribution in [3.8, 4) is 11.6 Å². The van der Waals surface area contributed by atoms with Crippen LogP contribution in [0.15, 0.2) is 30.3 Å². The molecule has 0 amide bonds. The third-order valence-electron chi connectivity index (χ3n) is 2.53. The molecule has 0 saturated heterocycles. The molecule has 0 N–H and O–H groups in total. The van der Waals surface area contributed by atoms with Crippen LogP contribution in [0.2, 0.25) is 5.15 Å². The zero-order valence-electron chi connectivity index (χ0n) is 10.6. The maximum atomic E-state index is 5.87. The molecule has 0 aliphatic heterocycles. The molecule has 0 saturated carbocycles. The Morgan fingerprint density at radius 3 is 2.61 bits per heavy atom. The Bertz CT molecular complexity index is 535. The standard InChI is InChI=1S/C14H15ClN2O/c1-9(2)11-5-4-6-12(7-11)18-14-8-13(15)16-10(3)17-14/h4-9H,1-3H3. The number of benzene rings is 1. The fourth-order valence-electron chi connectivity index (χ4n) is 1.62. The van der Waals surface area contributed by atoms with Gasteiger partial charge in [0.15, 0.2) is 0 Å². The first-order valence-corrected chi connectivity index (χ1v) is 6.21. The van der Waals surface area contributed by atoms with E-state index in [-0.39, 0.29) is 0 Å². The van der Waals surface area contributed by atoms with Crippen LogP contribution in [0.4, 0.5) is 0 Å². The van der Waals surface area contributed by atoms with Crippen LogP contribution in [0.5, 0.6) is 11.6 Å². The molecule has 0 atom stereocenters. The van der Waals surface area contributed by atoms with Gasteiger partial charge in [-0.3, -0.25) is 0 Å². The van der Waals surface area contributed by atoms with E-state index in [1.807, 2.05) is 18.2 Å². The fourth-order valence-corrected chi connectivity index (χ4v) is 1.83. The fraction of sp³-hybridized carbons (Fsp3) is 0.286. The van der Waals surface area contributed by atoms with Gasteiger partial charge >= 0.3 is 0 Å². The highest BCUT2D eigenvalue weighted by molar-refractivity contribution is 6.29. The summed E-state index contributed by atoms with van der Waals surface area (Å²) in [6, 6.07) is 9.57. The predicted octanol–water partition coefficient (Wildman–Crippen LogP) is 4.35. The van der Waals surface area contributed by atoms with Crippen molar-refractivity contribution in [3.05, 3.63) is 46.9 Å². The van der Waals surface area contributed by atoms with Crippen molar-refractivity contribution in [2.45, 2.75) is 26.7 Å². The van der Waals surface area contributed by atoms with Crippen molar-refractivity contribution in [1.29, 1.82) is 0 Å². The van der Waals surface area contributed by atoms with Gasteiger partial charge in [0.05, 0.1) is 0 Å².